The zero-order valence-electron chi connectivity index (χ0n) is 5.99. The van der Waals surface area contributed by atoms with E-state index in [9.17, 15) is 4.39 Å². The van der Waals surface area contributed by atoms with Crippen LogP contribution in [-0.4, -0.2) is 10.1 Å². The molecule has 0 aromatic carbocycles. The maximum Gasteiger partial charge on any atom is 0.185 e. The Morgan fingerprint density at radius 3 is 2.92 bits per heavy atom. The molecule has 0 unspecified atom stereocenters. The Morgan fingerprint density at radius 2 is 2.33 bits per heavy atom. The summed E-state index contributed by atoms with van der Waals surface area (Å²) < 4.78 is 17.2. The van der Waals surface area contributed by atoms with Crippen LogP contribution in [0.5, 0.6) is 0 Å². The predicted octanol–water partition coefficient (Wildman–Crippen LogP) is 1.68. The molecule has 12 heavy (non-hydrogen) atoms. The van der Waals surface area contributed by atoms with Crippen molar-refractivity contribution in [3.05, 3.63) is 36.4 Å². The summed E-state index contributed by atoms with van der Waals surface area (Å²) in [4.78, 5) is 3.79. The Balaban J connectivity index is 2.43. The zero-order valence-corrected chi connectivity index (χ0v) is 5.99. The van der Waals surface area contributed by atoms with E-state index >= 15 is 0 Å². The number of rotatable bonds is 1. The lowest BCUT2D eigenvalue weighted by Gasteiger charge is -1.92. The van der Waals surface area contributed by atoms with E-state index in [0.29, 0.717) is 11.5 Å². The monoisotopic (exact) mass is 163 g/mol. The molecule has 0 N–H and O–H groups in total. The quantitative estimate of drug-likeness (QED) is 0.641. The summed E-state index contributed by atoms with van der Waals surface area (Å²) in [6.07, 6.45) is 3.62. The molecule has 0 bridgehead atoms. The van der Waals surface area contributed by atoms with Crippen molar-refractivity contribution in [2.45, 2.75) is 0 Å². The van der Waals surface area contributed by atoms with Crippen molar-refractivity contribution < 1.29 is 8.91 Å². The van der Waals surface area contributed by atoms with Crippen LogP contribution >= 0.6 is 0 Å². The first-order chi connectivity index (χ1) is 5.86. The number of nitrogens with zero attached hydrogens (tertiary/aromatic N) is 2. The minimum atomic E-state index is -0.373. The fourth-order valence-electron chi connectivity index (χ4n) is 0.829. The lowest BCUT2D eigenvalue weighted by atomic mass is 10.3. The van der Waals surface area contributed by atoms with Gasteiger partial charge in [0.2, 0.25) is 0 Å². The van der Waals surface area contributed by atoms with Gasteiger partial charge >= 0.3 is 0 Å². The Hall–Kier alpha value is -1.71. The highest BCUT2D eigenvalue weighted by molar-refractivity contribution is 5.49. The third-order valence-electron chi connectivity index (χ3n) is 1.37. The molecule has 0 aliphatic carbocycles. The van der Waals surface area contributed by atoms with Gasteiger partial charge in [0, 0.05) is 6.07 Å². The maximum absolute atomic E-state index is 12.4. The molecule has 3 nitrogen and oxygen atoms in total. The van der Waals surface area contributed by atoms with E-state index in [1.165, 1.54) is 12.1 Å². The Morgan fingerprint density at radius 1 is 1.42 bits per heavy atom. The average molecular weight is 163 g/mol. The molecule has 2 aromatic rings. The van der Waals surface area contributed by atoms with Gasteiger partial charge in [-0.15, -0.1) is 0 Å². The first kappa shape index (κ1) is 6.97. The average Bonchev–Trinajstić information content (AvgIpc) is 2.58. The first-order valence-corrected chi connectivity index (χ1v) is 3.31. The first-order valence-electron chi connectivity index (χ1n) is 3.31. The zero-order chi connectivity index (χ0) is 8.39. The van der Waals surface area contributed by atoms with Crippen LogP contribution in [0.4, 0.5) is 4.39 Å². The van der Waals surface area contributed by atoms with E-state index in [4.69, 9.17) is 4.52 Å². The third kappa shape index (κ3) is 1.18. The van der Waals surface area contributed by atoms with Gasteiger partial charge in [-0.05, 0) is 12.1 Å². The third-order valence-corrected chi connectivity index (χ3v) is 1.37. The predicted molar refractivity (Wildman–Crippen MR) is 38.5 cm³/mol. The van der Waals surface area contributed by atoms with Crippen LogP contribution in [0.15, 0.2) is 28.9 Å². The molecule has 0 fully saturated rings. The van der Waals surface area contributed by atoms with Crippen LogP contribution in [-0.2, 0) is 0 Å². The van der Waals surface area contributed by atoms with Crippen molar-refractivity contribution in [2.75, 3.05) is 0 Å². The molecule has 0 atom stereocenters. The molecule has 0 spiro atoms. The van der Waals surface area contributed by atoms with Gasteiger partial charge in [0.05, 0.1) is 6.20 Å². The molecular weight excluding hydrogens is 159 g/mol. The van der Waals surface area contributed by atoms with Crippen LogP contribution in [0.2, 0.25) is 0 Å². The van der Waals surface area contributed by atoms with Crippen molar-refractivity contribution in [1.29, 1.82) is 0 Å². The molecule has 2 aromatic heterocycles. The molecule has 0 amide bonds. The number of hydrogen-bond acceptors (Lipinski definition) is 3. The Bertz CT molecular complexity index is 355. The molecule has 0 saturated heterocycles. The van der Waals surface area contributed by atoms with Crippen LogP contribution < -0.4 is 0 Å². The minimum Gasteiger partial charge on any atom is -0.354 e. The van der Waals surface area contributed by atoms with Gasteiger partial charge in [0.25, 0.3) is 0 Å². The van der Waals surface area contributed by atoms with Gasteiger partial charge in [-0.25, -0.2) is 9.37 Å². The summed E-state index contributed by atoms with van der Waals surface area (Å²) >= 11 is 0. The van der Waals surface area contributed by atoms with Crippen LogP contribution in [0.3, 0.4) is 0 Å². The number of hydrogen-bond donors (Lipinski definition) is 0. The Labute approximate surface area is 67.8 Å². The summed E-state index contributed by atoms with van der Waals surface area (Å²) in [6, 6.07) is 4.37. The molecule has 59 valence electrons. The number of halogens is 1. The summed E-state index contributed by atoms with van der Waals surface area (Å²) in [7, 11) is 0. The van der Waals surface area contributed by atoms with E-state index < -0.39 is 0 Å². The second-order valence-corrected chi connectivity index (χ2v) is 2.18. The number of pyridine rings is 1. The highest BCUT2D eigenvalue weighted by Gasteiger charge is 2.02. The second kappa shape index (κ2) is 2.73. The lowest BCUT2D eigenvalue weighted by Crippen LogP contribution is -1.81. The van der Waals surface area contributed by atoms with E-state index in [1.807, 2.05) is 0 Å². The van der Waals surface area contributed by atoms with Crippen LogP contribution in [0.1, 0.15) is 0 Å². The van der Waals surface area contributed by atoms with Crippen molar-refractivity contribution in [2.24, 2.45) is 0 Å². The Kier molecular flexibility index (Phi) is 1.59. The van der Waals surface area contributed by atoms with E-state index in [2.05, 4.69) is 16.3 Å². The fourth-order valence-corrected chi connectivity index (χ4v) is 0.829. The highest BCUT2D eigenvalue weighted by atomic mass is 19.1. The molecule has 2 heterocycles. The van der Waals surface area contributed by atoms with Gasteiger partial charge in [-0.2, -0.15) is 0 Å². The van der Waals surface area contributed by atoms with Crippen molar-refractivity contribution in [3.63, 3.8) is 0 Å². The molecule has 0 aliphatic rings. The van der Waals surface area contributed by atoms with Crippen molar-refractivity contribution in [1.82, 2.24) is 10.1 Å². The standard InChI is InChI=1S/C8H4FN2O/c9-6-1-2-7(10-5-6)8-3-4-11-12-8/h1-3,5H. The molecule has 4 heteroatoms. The number of aromatic nitrogens is 2. The van der Waals surface area contributed by atoms with Gasteiger partial charge < -0.3 is 4.52 Å². The molecular formula is C8H4FN2O. The summed E-state index contributed by atoms with van der Waals surface area (Å²) in [5, 5.41) is 3.39. The second-order valence-electron chi connectivity index (χ2n) is 2.18. The summed E-state index contributed by atoms with van der Waals surface area (Å²) in [5.41, 5.74) is 0.546. The van der Waals surface area contributed by atoms with E-state index in [-0.39, 0.29) is 5.82 Å². The largest absolute Gasteiger partial charge is 0.354 e. The lowest BCUT2D eigenvalue weighted by molar-refractivity contribution is 0.429. The van der Waals surface area contributed by atoms with E-state index in [0.717, 1.165) is 6.20 Å². The van der Waals surface area contributed by atoms with E-state index in [1.54, 1.807) is 6.07 Å². The van der Waals surface area contributed by atoms with Gasteiger partial charge in [-0.1, -0.05) is 5.16 Å². The summed E-state index contributed by atoms with van der Waals surface area (Å²) in [6.45, 7) is 0. The summed E-state index contributed by atoms with van der Waals surface area (Å²) in [5.74, 6) is 0.109. The molecule has 0 saturated carbocycles. The molecule has 2 rings (SSSR count). The fraction of sp³-hybridized carbons (Fsp3) is 0. The molecule has 0 aliphatic heterocycles. The molecule has 1 radical (unpaired) electrons. The van der Waals surface area contributed by atoms with Crippen LogP contribution in [0, 0.1) is 12.0 Å². The normalized spacial score (nSPS) is 10.1. The van der Waals surface area contributed by atoms with Gasteiger partial charge in [-0.3, -0.25) is 0 Å². The smallest absolute Gasteiger partial charge is 0.185 e. The minimum absolute atomic E-state index is 0.373. The van der Waals surface area contributed by atoms with Crippen LogP contribution in [0.25, 0.3) is 11.5 Å². The topological polar surface area (TPSA) is 38.9 Å². The van der Waals surface area contributed by atoms with Crippen molar-refractivity contribution in [3.8, 4) is 11.5 Å². The highest BCUT2D eigenvalue weighted by Crippen LogP contribution is 2.14. The van der Waals surface area contributed by atoms with Gasteiger partial charge in [0.1, 0.15) is 17.7 Å². The SMILES string of the molecule is Fc1ccc(-c2c[c]no2)nc1. The maximum atomic E-state index is 12.4. The van der Waals surface area contributed by atoms with Crippen molar-refractivity contribution >= 4 is 0 Å². The van der Waals surface area contributed by atoms with Gasteiger partial charge in [0.15, 0.2) is 5.76 Å².